The smallest absolute Gasteiger partial charge is 0.229 e. The number of benzene rings is 1. The van der Waals surface area contributed by atoms with Crippen LogP contribution in [-0.2, 0) is 9.59 Å². The van der Waals surface area contributed by atoms with Crippen molar-refractivity contribution < 1.29 is 9.59 Å². The molecule has 3 aliphatic rings. The first-order valence-corrected chi connectivity index (χ1v) is 8.85. The second-order valence-corrected chi connectivity index (χ2v) is 7.10. The molecule has 3 N–H and O–H groups in total. The van der Waals surface area contributed by atoms with Crippen molar-refractivity contribution in [1.29, 1.82) is 0 Å². The second-order valence-electron chi connectivity index (χ2n) is 7.10. The van der Waals surface area contributed by atoms with E-state index in [0.717, 1.165) is 24.8 Å². The molecule has 0 spiro atoms. The van der Waals surface area contributed by atoms with Crippen LogP contribution in [0.15, 0.2) is 30.3 Å². The van der Waals surface area contributed by atoms with E-state index in [-0.39, 0.29) is 35.7 Å². The second kappa shape index (κ2) is 6.53. The van der Waals surface area contributed by atoms with Crippen LogP contribution < -0.4 is 16.2 Å². The van der Waals surface area contributed by atoms with Gasteiger partial charge in [-0.05, 0) is 18.4 Å². The van der Waals surface area contributed by atoms with E-state index >= 15 is 0 Å². The van der Waals surface area contributed by atoms with E-state index in [0.29, 0.717) is 19.6 Å². The monoisotopic (exact) mass is 328 g/mol. The summed E-state index contributed by atoms with van der Waals surface area (Å²) in [7, 11) is 0. The number of carbonyl (C=O) groups excluding carboxylic acids is 2. The van der Waals surface area contributed by atoms with Gasteiger partial charge in [-0.25, -0.2) is 5.43 Å². The molecule has 3 fully saturated rings. The fraction of sp³-hybridized carbons (Fsp3) is 0.556. The molecule has 2 amide bonds. The highest BCUT2D eigenvalue weighted by molar-refractivity contribution is 5.84. The van der Waals surface area contributed by atoms with E-state index in [1.807, 2.05) is 35.2 Å². The standard InChI is InChI=1S/C18H24N4O2/c23-17-13-7-4-8-14(20-17)11-22(10-13)18(24)15-9-19-21-16(15)12-5-2-1-3-6-12/h1-3,5-6,13-16,19,21H,4,7-11H2,(H,20,23)/t13-,14-,15?,16?/m0/s1. The number of nitrogens with zero attached hydrogens (tertiary/aromatic N) is 1. The highest BCUT2D eigenvalue weighted by Gasteiger charge is 2.40. The van der Waals surface area contributed by atoms with Gasteiger partial charge in [0.2, 0.25) is 11.8 Å². The van der Waals surface area contributed by atoms with Crippen molar-refractivity contribution in [2.75, 3.05) is 19.6 Å². The predicted molar refractivity (Wildman–Crippen MR) is 89.7 cm³/mol. The Bertz CT molecular complexity index is 621. The summed E-state index contributed by atoms with van der Waals surface area (Å²) in [6.45, 7) is 1.81. The lowest BCUT2D eigenvalue weighted by atomic mass is 9.92. The Hall–Kier alpha value is -1.92. The maximum absolute atomic E-state index is 13.2. The largest absolute Gasteiger partial charge is 0.351 e. The Labute approximate surface area is 141 Å². The molecule has 6 nitrogen and oxygen atoms in total. The summed E-state index contributed by atoms with van der Waals surface area (Å²) < 4.78 is 0. The minimum absolute atomic E-state index is 0.0227. The van der Waals surface area contributed by atoms with Crippen LogP contribution in [0.25, 0.3) is 0 Å². The van der Waals surface area contributed by atoms with Gasteiger partial charge in [0.25, 0.3) is 0 Å². The average Bonchev–Trinajstić information content (AvgIpc) is 2.93. The third-order valence-electron chi connectivity index (χ3n) is 5.47. The summed E-state index contributed by atoms with van der Waals surface area (Å²) in [5, 5.41) is 3.10. The number of nitrogens with one attached hydrogen (secondary N) is 3. The molecule has 0 saturated carbocycles. The van der Waals surface area contributed by atoms with Crippen LogP contribution in [0, 0.1) is 11.8 Å². The van der Waals surface area contributed by atoms with Crippen molar-refractivity contribution >= 4 is 11.8 Å². The zero-order valence-electron chi connectivity index (χ0n) is 13.7. The number of amides is 2. The van der Waals surface area contributed by atoms with Gasteiger partial charge in [-0.2, -0.15) is 0 Å². The Balaban J connectivity index is 1.53. The highest BCUT2D eigenvalue weighted by atomic mass is 16.2. The fourth-order valence-electron chi connectivity index (χ4n) is 4.17. The van der Waals surface area contributed by atoms with E-state index in [2.05, 4.69) is 16.2 Å². The number of hydrazine groups is 1. The normalized spacial score (nSPS) is 33.0. The first-order chi connectivity index (χ1) is 11.7. The molecule has 1 aromatic carbocycles. The topological polar surface area (TPSA) is 73.5 Å². The predicted octanol–water partition coefficient (Wildman–Crippen LogP) is 0.579. The molecule has 6 heteroatoms. The molecular formula is C18H24N4O2. The van der Waals surface area contributed by atoms with Gasteiger partial charge >= 0.3 is 0 Å². The number of hydrogen-bond donors (Lipinski definition) is 3. The average molecular weight is 328 g/mol. The fourth-order valence-corrected chi connectivity index (χ4v) is 4.17. The lowest BCUT2D eigenvalue weighted by Crippen LogP contribution is -2.45. The van der Waals surface area contributed by atoms with Crippen molar-refractivity contribution in [1.82, 2.24) is 21.1 Å². The zero-order valence-corrected chi connectivity index (χ0v) is 13.7. The lowest BCUT2D eigenvalue weighted by Gasteiger charge is -2.31. The van der Waals surface area contributed by atoms with E-state index in [1.54, 1.807) is 0 Å². The van der Waals surface area contributed by atoms with Crippen molar-refractivity contribution in [2.24, 2.45) is 11.8 Å². The maximum atomic E-state index is 13.2. The van der Waals surface area contributed by atoms with Gasteiger partial charge in [-0.3, -0.25) is 15.0 Å². The van der Waals surface area contributed by atoms with Gasteiger partial charge in [0.15, 0.2) is 0 Å². The molecule has 128 valence electrons. The molecule has 0 aromatic heterocycles. The van der Waals surface area contributed by atoms with Crippen LogP contribution in [0.2, 0.25) is 0 Å². The van der Waals surface area contributed by atoms with E-state index in [9.17, 15) is 9.59 Å². The van der Waals surface area contributed by atoms with Gasteiger partial charge in [0, 0.05) is 25.7 Å². The first kappa shape index (κ1) is 15.6. The molecular weight excluding hydrogens is 304 g/mol. The van der Waals surface area contributed by atoms with Gasteiger partial charge in [-0.1, -0.05) is 36.8 Å². The molecule has 4 atom stereocenters. The highest BCUT2D eigenvalue weighted by Crippen LogP contribution is 2.29. The number of rotatable bonds is 2. The molecule has 0 radical (unpaired) electrons. The summed E-state index contributed by atoms with van der Waals surface area (Å²) >= 11 is 0. The van der Waals surface area contributed by atoms with Gasteiger partial charge in [-0.15, -0.1) is 0 Å². The summed E-state index contributed by atoms with van der Waals surface area (Å²) in [5.74, 6) is 0.0742. The summed E-state index contributed by atoms with van der Waals surface area (Å²) in [5.41, 5.74) is 7.49. The number of likely N-dealkylation sites (tertiary alicyclic amines) is 1. The number of fused-ring (bicyclic) bond motifs is 3. The molecule has 0 aliphatic carbocycles. The Morgan fingerprint density at radius 2 is 1.96 bits per heavy atom. The molecule has 4 rings (SSSR count). The molecule has 1 aromatic rings. The number of hydrogen-bond acceptors (Lipinski definition) is 4. The van der Waals surface area contributed by atoms with Gasteiger partial charge < -0.3 is 10.2 Å². The molecule has 24 heavy (non-hydrogen) atoms. The Morgan fingerprint density at radius 3 is 2.79 bits per heavy atom. The molecule has 3 aliphatic heterocycles. The van der Waals surface area contributed by atoms with E-state index in [4.69, 9.17) is 0 Å². The molecule has 3 heterocycles. The van der Waals surface area contributed by atoms with Gasteiger partial charge in [0.1, 0.15) is 0 Å². The SMILES string of the molecule is O=C1N[C@H]2CCC[C@H]1CN(C(=O)C1CNNC1c1ccccc1)C2. The van der Waals surface area contributed by atoms with Crippen molar-refractivity contribution in [3.05, 3.63) is 35.9 Å². The summed E-state index contributed by atoms with van der Waals surface area (Å²) in [6.07, 6.45) is 2.92. The minimum Gasteiger partial charge on any atom is -0.351 e. The lowest BCUT2D eigenvalue weighted by molar-refractivity contribution is -0.136. The number of carbonyl (C=O) groups is 2. The van der Waals surface area contributed by atoms with Crippen molar-refractivity contribution in [3.8, 4) is 0 Å². The molecule has 2 unspecified atom stereocenters. The zero-order chi connectivity index (χ0) is 16.5. The summed E-state index contributed by atoms with van der Waals surface area (Å²) in [4.78, 5) is 27.3. The Kier molecular flexibility index (Phi) is 4.24. The summed E-state index contributed by atoms with van der Waals surface area (Å²) in [6, 6.07) is 10.2. The third kappa shape index (κ3) is 2.91. The first-order valence-electron chi connectivity index (χ1n) is 8.85. The van der Waals surface area contributed by atoms with E-state index in [1.165, 1.54) is 0 Å². The van der Waals surface area contributed by atoms with Gasteiger partial charge in [0.05, 0.1) is 17.9 Å². The van der Waals surface area contributed by atoms with Crippen LogP contribution >= 0.6 is 0 Å². The minimum atomic E-state index is -0.138. The third-order valence-corrected chi connectivity index (χ3v) is 5.47. The molecule has 2 bridgehead atoms. The quantitative estimate of drug-likeness (QED) is 0.742. The van der Waals surface area contributed by atoms with Crippen LogP contribution in [0.5, 0.6) is 0 Å². The Morgan fingerprint density at radius 1 is 1.12 bits per heavy atom. The van der Waals surface area contributed by atoms with Crippen LogP contribution in [0.3, 0.4) is 0 Å². The van der Waals surface area contributed by atoms with Crippen LogP contribution in [-0.4, -0.2) is 42.4 Å². The van der Waals surface area contributed by atoms with Crippen molar-refractivity contribution in [2.45, 2.75) is 31.3 Å². The van der Waals surface area contributed by atoms with Crippen molar-refractivity contribution in [3.63, 3.8) is 0 Å². The van der Waals surface area contributed by atoms with Crippen LogP contribution in [0.1, 0.15) is 30.9 Å². The molecule has 3 saturated heterocycles. The van der Waals surface area contributed by atoms with E-state index < -0.39 is 0 Å². The maximum Gasteiger partial charge on any atom is 0.229 e. The van der Waals surface area contributed by atoms with Crippen LogP contribution in [0.4, 0.5) is 0 Å².